The molecule has 0 aliphatic rings. The summed E-state index contributed by atoms with van der Waals surface area (Å²) < 4.78 is 0. The van der Waals surface area contributed by atoms with Gasteiger partial charge in [0, 0.05) is 18.4 Å². The van der Waals surface area contributed by atoms with Gasteiger partial charge in [0.25, 0.3) is 5.91 Å². The molecule has 0 aliphatic heterocycles. The fourth-order valence-electron chi connectivity index (χ4n) is 2.04. The molecule has 21 heavy (non-hydrogen) atoms. The molecule has 0 saturated carbocycles. The number of anilines is 1. The number of aliphatic hydroxyl groups is 1. The summed E-state index contributed by atoms with van der Waals surface area (Å²) in [4.78, 5) is 12.1. The summed E-state index contributed by atoms with van der Waals surface area (Å²) in [5.41, 5.74) is 3.72. The second-order valence-corrected chi connectivity index (χ2v) is 5.15. The van der Waals surface area contributed by atoms with Crippen molar-refractivity contribution in [1.82, 2.24) is 5.32 Å². The molecule has 0 radical (unpaired) electrons. The van der Waals surface area contributed by atoms with Crippen LogP contribution in [0, 0.1) is 32.1 Å². The highest BCUT2D eigenvalue weighted by Crippen LogP contribution is 2.22. The van der Waals surface area contributed by atoms with Crippen LogP contribution in [0.3, 0.4) is 0 Å². The molecule has 0 heterocycles. The van der Waals surface area contributed by atoms with E-state index in [-0.39, 0.29) is 12.1 Å². The lowest BCUT2D eigenvalue weighted by atomic mass is 10.0. The molecule has 1 atom stereocenters. The number of amides is 1. The van der Waals surface area contributed by atoms with Crippen LogP contribution in [0.2, 0.25) is 0 Å². The Balaban J connectivity index is 2.87. The lowest BCUT2D eigenvalue weighted by Crippen LogP contribution is -2.22. The molecular weight excluding hydrogens is 266 g/mol. The van der Waals surface area contributed by atoms with Gasteiger partial charge >= 0.3 is 0 Å². The Labute approximate surface area is 125 Å². The van der Waals surface area contributed by atoms with Crippen molar-refractivity contribution >= 4 is 11.6 Å². The molecule has 0 bridgehead atoms. The molecule has 1 amide bonds. The molecule has 0 aliphatic carbocycles. The van der Waals surface area contributed by atoms with Gasteiger partial charge in [0.2, 0.25) is 0 Å². The number of carbonyl (C=O) groups is 1. The molecular formula is C16H21N3O2. The fourth-order valence-corrected chi connectivity index (χ4v) is 2.04. The molecule has 0 fully saturated rings. The van der Waals surface area contributed by atoms with Gasteiger partial charge < -0.3 is 15.7 Å². The first-order valence-electron chi connectivity index (χ1n) is 6.76. The summed E-state index contributed by atoms with van der Waals surface area (Å²) in [5.74, 6) is -0.467. The number of aliphatic hydroxyl groups excluding tert-OH is 1. The quantitative estimate of drug-likeness (QED) is 0.570. The summed E-state index contributed by atoms with van der Waals surface area (Å²) >= 11 is 0. The lowest BCUT2D eigenvalue weighted by Gasteiger charge is -2.12. The van der Waals surface area contributed by atoms with Crippen LogP contribution in [-0.2, 0) is 4.79 Å². The van der Waals surface area contributed by atoms with E-state index in [9.17, 15) is 4.79 Å². The maximum Gasteiger partial charge on any atom is 0.267 e. The molecule has 5 heteroatoms. The largest absolute Gasteiger partial charge is 0.392 e. The minimum atomic E-state index is -0.550. The number of benzene rings is 1. The van der Waals surface area contributed by atoms with E-state index in [1.807, 2.05) is 39.0 Å². The van der Waals surface area contributed by atoms with E-state index < -0.39 is 12.0 Å². The number of nitrogens with zero attached hydrogens (tertiary/aromatic N) is 1. The van der Waals surface area contributed by atoms with Crippen molar-refractivity contribution in [3.63, 3.8) is 0 Å². The predicted octanol–water partition coefficient (Wildman–Crippen LogP) is 1.93. The molecule has 1 rings (SSSR count). The Hall–Kier alpha value is -2.32. The van der Waals surface area contributed by atoms with Crippen molar-refractivity contribution in [2.45, 2.75) is 33.8 Å². The zero-order valence-electron chi connectivity index (χ0n) is 12.8. The highest BCUT2D eigenvalue weighted by Gasteiger charge is 2.12. The Morgan fingerprint density at radius 2 is 1.95 bits per heavy atom. The van der Waals surface area contributed by atoms with Gasteiger partial charge in [-0.3, -0.25) is 4.79 Å². The zero-order chi connectivity index (χ0) is 16.0. The van der Waals surface area contributed by atoms with Crippen LogP contribution >= 0.6 is 0 Å². The van der Waals surface area contributed by atoms with Crippen LogP contribution < -0.4 is 10.6 Å². The van der Waals surface area contributed by atoms with Gasteiger partial charge in [-0.15, -0.1) is 0 Å². The standard InChI is InChI=1S/C16H21N3O2/c1-10-5-11(2)15(12(3)6-10)19-16(21)14(7-17)9-18-8-13(4)20/h5-6,9,13,18,20H,8H2,1-4H3,(H,19,21)/b14-9-. The van der Waals surface area contributed by atoms with Gasteiger partial charge in [-0.2, -0.15) is 5.26 Å². The highest BCUT2D eigenvalue weighted by molar-refractivity contribution is 6.07. The van der Waals surface area contributed by atoms with Crippen LogP contribution in [0.4, 0.5) is 5.69 Å². The maximum atomic E-state index is 12.1. The van der Waals surface area contributed by atoms with Gasteiger partial charge in [-0.1, -0.05) is 17.7 Å². The van der Waals surface area contributed by atoms with Gasteiger partial charge in [0.1, 0.15) is 11.6 Å². The first-order chi connectivity index (χ1) is 9.85. The Kier molecular flexibility index (Phi) is 5.94. The summed E-state index contributed by atoms with van der Waals surface area (Å²) in [6, 6.07) is 5.80. The summed E-state index contributed by atoms with van der Waals surface area (Å²) in [7, 11) is 0. The van der Waals surface area contributed by atoms with E-state index in [1.165, 1.54) is 6.20 Å². The molecule has 3 N–H and O–H groups in total. The number of rotatable bonds is 5. The number of aryl methyl sites for hydroxylation is 3. The van der Waals surface area contributed by atoms with E-state index in [4.69, 9.17) is 10.4 Å². The molecule has 5 nitrogen and oxygen atoms in total. The SMILES string of the molecule is Cc1cc(C)c(NC(=O)/C(C#N)=C\NCC(C)O)c(C)c1. The van der Waals surface area contributed by atoms with Gasteiger partial charge in [0.05, 0.1) is 6.10 Å². The number of hydrogen-bond acceptors (Lipinski definition) is 4. The van der Waals surface area contributed by atoms with Crippen molar-refractivity contribution in [2.24, 2.45) is 0 Å². The van der Waals surface area contributed by atoms with E-state index in [1.54, 1.807) is 6.92 Å². The monoisotopic (exact) mass is 287 g/mol. The Bertz CT molecular complexity index is 575. The Morgan fingerprint density at radius 3 is 2.43 bits per heavy atom. The van der Waals surface area contributed by atoms with E-state index >= 15 is 0 Å². The Morgan fingerprint density at radius 1 is 1.38 bits per heavy atom. The highest BCUT2D eigenvalue weighted by atomic mass is 16.3. The first kappa shape index (κ1) is 16.7. The van der Waals surface area contributed by atoms with Crippen molar-refractivity contribution in [3.8, 4) is 6.07 Å². The molecule has 112 valence electrons. The maximum absolute atomic E-state index is 12.1. The number of nitriles is 1. The average Bonchev–Trinajstić information content (AvgIpc) is 2.38. The molecule has 1 unspecified atom stereocenters. The number of hydrogen-bond donors (Lipinski definition) is 3. The second-order valence-electron chi connectivity index (χ2n) is 5.15. The van der Waals surface area contributed by atoms with E-state index in [0.717, 1.165) is 22.4 Å². The topological polar surface area (TPSA) is 85.2 Å². The fraction of sp³-hybridized carbons (Fsp3) is 0.375. The van der Waals surface area contributed by atoms with Crippen LogP contribution in [0.15, 0.2) is 23.9 Å². The summed E-state index contributed by atoms with van der Waals surface area (Å²) in [6.07, 6.45) is 0.770. The first-order valence-corrected chi connectivity index (χ1v) is 6.76. The predicted molar refractivity (Wildman–Crippen MR) is 82.7 cm³/mol. The van der Waals surface area contributed by atoms with Gasteiger partial charge in [-0.05, 0) is 38.8 Å². The third-order valence-electron chi connectivity index (χ3n) is 2.94. The molecule has 1 aromatic carbocycles. The number of nitrogens with one attached hydrogen (secondary N) is 2. The third kappa shape index (κ3) is 4.93. The van der Waals surface area contributed by atoms with Crippen molar-refractivity contribution < 1.29 is 9.90 Å². The normalized spacial score (nSPS) is 12.5. The molecule has 0 spiro atoms. The van der Waals surface area contributed by atoms with Crippen LogP contribution in [0.5, 0.6) is 0 Å². The lowest BCUT2D eigenvalue weighted by molar-refractivity contribution is -0.112. The minimum absolute atomic E-state index is 0.0324. The molecule has 0 saturated heterocycles. The summed E-state index contributed by atoms with van der Waals surface area (Å²) in [6.45, 7) is 7.72. The van der Waals surface area contributed by atoms with E-state index in [0.29, 0.717) is 0 Å². The molecule has 1 aromatic rings. The molecule has 0 aromatic heterocycles. The van der Waals surface area contributed by atoms with Gasteiger partial charge in [0.15, 0.2) is 0 Å². The summed E-state index contributed by atoms with van der Waals surface area (Å²) in [5, 5.41) is 23.7. The van der Waals surface area contributed by atoms with Crippen LogP contribution in [-0.4, -0.2) is 23.7 Å². The van der Waals surface area contributed by atoms with E-state index in [2.05, 4.69) is 10.6 Å². The average molecular weight is 287 g/mol. The minimum Gasteiger partial charge on any atom is -0.392 e. The smallest absolute Gasteiger partial charge is 0.267 e. The van der Waals surface area contributed by atoms with Crippen molar-refractivity contribution in [3.05, 3.63) is 40.6 Å². The van der Waals surface area contributed by atoms with Crippen molar-refractivity contribution in [1.29, 1.82) is 5.26 Å². The zero-order valence-corrected chi connectivity index (χ0v) is 12.8. The van der Waals surface area contributed by atoms with Gasteiger partial charge in [-0.25, -0.2) is 0 Å². The third-order valence-corrected chi connectivity index (χ3v) is 2.94. The van der Waals surface area contributed by atoms with Crippen LogP contribution in [0.1, 0.15) is 23.6 Å². The van der Waals surface area contributed by atoms with Crippen molar-refractivity contribution in [2.75, 3.05) is 11.9 Å². The van der Waals surface area contributed by atoms with Crippen LogP contribution in [0.25, 0.3) is 0 Å². The number of carbonyl (C=O) groups excluding carboxylic acids is 1. The second kappa shape index (κ2) is 7.46.